The van der Waals surface area contributed by atoms with Crippen LogP contribution in [-0.2, 0) is 9.53 Å². The highest BCUT2D eigenvalue weighted by atomic mass is 35.5. The zero-order valence-electron chi connectivity index (χ0n) is 11.4. The van der Waals surface area contributed by atoms with Crippen molar-refractivity contribution >= 4 is 23.5 Å². The summed E-state index contributed by atoms with van der Waals surface area (Å²) in [6.45, 7) is 4.38. The molecular weight excluding hydrogens is 282 g/mol. The second-order valence-corrected chi connectivity index (χ2v) is 5.25. The van der Waals surface area contributed by atoms with Gasteiger partial charge in [-0.3, -0.25) is 4.79 Å². The van der Waals surface area contributed by atoms with Crippen LogP contribution in [0.5, 0.6) is 0 Å². The Morgan fingerprint density at radius 1 is 1.35 bits per heavy atom. The summed E-state index contributed by atoms with van der Waals surface area (Å²) >= 11 is 6.12. The largest absolute Gasteiger partial charge is 0.480 e. The number of morpholine rings is 1. The molecule has 20 heavy (non-hydrogen) atoms. The van der Waals surface area contributed by atoms with Crippen molar-refractivity contribution in [2.45, 2.75) is 19.9 Å². The van der Waals surface area contributed by atoms with Gasteiger partial charge in [-0.15, -0.1) is 0 Å². The van der Waals surface area contributed by atoms with Gasteiger partial charge < -0.3 is 14.7 Å². The molecule has 1 aliphatic heterocycles. The van der Waals surface area contributed by atoms with Crippen LogP contribution in [0.4, 0.5) is 0 Å². The van der Waals surface area contributed by atoms with Gasteiger partial charge in [0.05, 0.1) is 23.8 Å². The average molecular weight is 298 g/mol. The quantitative estimate of drug-likeness (QED) is 0.905. The molecule has 0 spiro atoms. The fraction of sp³-hybridized carbons (Fsp3) is 0.429. The molecule has 5 nitrogen and oxygen atoms in total. The number of aryl methyl sites for hydroxylation is 2. The van der Waals surface area contributed by atoms with Crippen molar-refractivity contribution in [2.24, 2.45) is 0 Å². The van der Waals surface area contributed by atoms with Gasteiger partial charge in [-0.1, -0.05) is 11.6 Å². The molecule has 1 aromatic rings. The number of halogens is 1. The molecule has 0 bridgehead atoms. The van der Waals surface area contributed by atoms with Crippen LogP contribution >= 0.6 is 11.6 Å². The second kappa shape index (κ2) is 5.81. The number of ether oxygens (including phenoxy) is 1. The third-order valence-corrected chi connectivity index (χ3v) is 3.80. The SMILES string of the molecule is Cc1cc(Cl)c(C(=O)N2CCOCC2C(=O)O)cc1C. The summed E-state index contributed by atoms with van der Waals surface area (Å²) < 4.78 is 5.13. The summed E-state index contributed by atoms with van der Waals surface area (Å²) in [5, 5.41) is 9.51. The summed E-state index contributed by atoms with van der Waals surface area (Å²) in [4.78, 5) is 25.0. The van der Waals surface area contributed by atoms with Crippen molar-refractivity contribution < 1.29 is 19.4 Å². The summed E-state index contributed by atoms with van der Waals surface area (Å²) in [7, 11) is 0. The second-order valence-electron chi connectivity index (χ2n) is 4.84. The molecule has 1 aliphatic rings. The van der Waals surface area contributed by atoms with E-state index in [1.165, 1.54) is 4.90 Å². The number of carboxylic acid groups (broad SMARTS) is 1. The summed E-state index contributed by atoms with van der Waals surface area (Å²) in [5.74, 6) is -1.44. The van der Waals surface area contributed by atoms with Gasteiger partial charge >= 0.3 is 5.97 Å². The predicted molar refractivity (Wildman–Crippen MR) is 74.2 cm³/mol. The highest BCUT2D eigenvalue weighted by molar-refractivity contribution is 6.34. The van der Waals surface area contributed by atoms with Crippen molar-refractivity contribution in [2.75, 3.05) is 19.8 Å². The first-order chi connectivity index (χ1) is 9.41. The number of aliphatic carboxylic acids is 1. The lowest BCUT2D eigenvalue weighted by atomic mass is 10.0. The van der Waals surface area contributed by atoms with E-state index < -0.39 is 12.0 Å². The van der Waals surface area contributed by atoms with Gasteiger partial charge in [0.25, 0.3) is 5.91 Å². The number of carbonyl (C=O) groups is 2. The maximum Gasteiger partial charge on any atom is 0.328 e. The minimum atomic E-state index is -1.07. The van der Waals surface area contributed by atoms with E-state index >= 15 is 0 Å². The molecule has 0 saturated carbocycles. The number of benzene rings is 1. The number of carboxylic acids is 1. The molecule has 2 rings (SSSR count). The van der Waals surface area contributed by atoms with Gasteiger partial charge in [-0.25, -0.2) is 4.79 Å². The van der Waals surface area contributed by atoms with Crippen molar-refractivity contribution in [1.82, 2.24) is 4.90 Å². The van der Waals surface area contributed by atoms with Gasteiger partial charge in [0.15, 0.2) is 6.04 Å². The smallest absolute Gasteiger partial charge is 0.328 e. The summed E-state index contributed by atoms with van der Waals surface area (Å²) in [5.41, 5.74) is 2.27. The van der Waals surface area contributed by atoms with Crippen molar-refractivity contribution in [3.05, 3.63) is 33.8 Å². The molecular formula is C14H16ClNO4. The lowest BCUT2D eigenvalue weighted by molar-refractivity contribution is -0.147. The zero-order valence-corrected chi connectivity index (χ0v) is 12.1. The van der Waals surface area contributed by atoms with E-state index in [0.29, 0.717) is 17.2 Å². The molecule has 1 amide bonds. The Hall–Kier alpha value is -1.59. The maximum atomic E-state index is 12.5. The fourth-order valence-corrected chi connectivity index (χ4v) is 2.45. The molecule has 0 aromatic heterocycles. The number of amides is 1. The van der Waals surface area contributed by atoms with E-state index in [2.05, 4.69) is 0 Å². The number of carbonyl (C=O) groups excluding carboxylic acids is 1. The molecule has 1 atom stereocenters. The van der Waals surface area contributed by atoms with Crippen molar-refractivity contribution in [1.29, 1.82) is 0 Å². The van der Waals surface area contributed by atoms with Crippen LogP contribution < -0.4 is 0 Å². The molecule has 0 aliphatic carbocycles. The first-order valence-electron chi connectivity index (χ1n) is 6.30. The van der Waals surface area contributed by atoms with Crippen LogP contribution in [0.1, 0.15) is 21.5 Å². The van der Waals surface area contributed by atoms with Crippen LogP contribution in [0, 0.1) is 13.8 Å². The van der Waals surface area contributed by atoms with Crippen molar-refractivity contribution in [3.8, 4) is 0 Å². The Bertz CT molecular complexity index is 558. The van der Waals surface area contributed by atoms with Crippen LogP contribution in [-0.4, -0.2) is 47.7 Å². The van der Waals surface area contributed by atoms with Crippen LogP contribution in [0.25, 0.3) is 0 Å². The summed E-state index contributed by atoms with van der Waals surface area (Å²) in [6, 6.07) is 2.46. The molecule has 1 saturated heterocycles. The minimum Gasteiger partial charge on any atom is -0.480 e. The number of hydrogen-bond donors (Lipinski definition) is 1. The lowest BCUT2D eigenvalue weighted by Crippen LogP contribution is -2.52. The standard InChI is InChI=1S/C14H16ClNO4/c1-8-5-10(11(15)6-9(8)2)13(17)16-3-4-20-7-12(16)14(18)19/h5-6,12H,3-4,7H2,1-2H3,(H,18,19). The van der Waals surface area contributed by atoms with E-state index in [1.807, 2.05) is 13.8 Å². The van der Waals surface area contributed by atoms with Crippen molar-refractivity contribution in [3.63, 3.8) is 0 Å². The van der Waals surface area contributed by atoms with Crippen LogP contribution in [0.15, 0.2) is 12.1 Å². The van der Waals surface area contributed by atoms with Gasteiger partial charge in [-0.05, 0) is 37.1 Å². The molecule has 1 N–H and O–H groups in total. The highest BCUT2D eigenvalue weighted by Crippen LogP contribution is 2.24. The summed E-state index contributed by atoms with van der Waals surface area (Å²) in [6.07, 6.45) is 0. The molecule has 1 aromatic carbocycles. The van der Waals surface area contributed by atoms with Gasteiger partial charge in [0.1, 0.15) is 0 Å². The molecule has 1 heterocycles. The Labute approximate surface area is 122 Å². The Balaban J connectivity index is 2.34. The molecule has 0 radical (unpaired) electrons. The van der Waals surface area contributed by atoms with Gasteiger partial charge in [0, 0.05) is 6.54 Å². The number of hydrogen-bond acceptors (Lipinski definition) is 3. The first kappa shape index (κ1) is 14.8. The first-order valence-corrected chi connectivity index (χ1v) is 6.68. The van der Waals surface area contributed by atoms with E-state index in [1.54, 1.807) is 12.1 Å². The highest BCUT2D eigenvalue weighted by Gasteiger charge is 2.34. The lowest BCUT2D eigenvalue weighted by Gasteiger charge is -2.33. The predicted octanol–water partition coefficient (Wildman–Crippen LogP) is 1.88. The topological polar surface area (TPSA) is 66.8 Å². The fourth-order valence-electron chi connectivity index (χ4n) is 2.15. The minimum absolute atomic E-state index is 0.00351. The number of rotatable bonds is 2. The Morgan fingerprint density at radius 3 is 2.65 bits per heavy atom. The molecule has 1 unspecified atom stereocenters. The maximum absolute atomic E-state index is 12.5. The van der Waals surface area contributed by atoms with E-state index in [-0.39, 0.29) is 19.1 Å². The van der Waals surface area contributed by atoms with Crippen LogP contribution in [0.2, 0.25) is 5.02 Å². The Kier molecular flexibility index (Phi) is 4.30. The third-order valence-electron chi connectivity index (χ3n) is 3.49. The molecule has 1 fully saturated rings. The van der Waals surface area contributed by atoms with E-state index in [9.17, 15) is 9.59 Å². The average Bonchev–Trinajstić information content (AvgIpc) is 2.42. The molecule has 6 heteroatoms. The van der Waals surface area contributed by atoms with Gasteiger partial charge in [-0.2, -0.15) is 0 Å². The normalized spacial score (nSPS) is 18.9. The van der Waals surface area contributed by atoms with Crippen LogP contribution in [0.3, 0.4) is 0 Å². The monoisotopic (exact) mass is 297 g/mol. The zero-order chi connectivity index (χ0) is 14.9. The Morgan fingerprint density at radius 2 is 2.00 bits per heavy atom. The van der Waals surface area contributed by atoms with E-state index in [0.717, 1.165) is 11.1 Å². The molecule has 108 valence electrons. The number of nitrogens with zero attached hydrogens (tertiary/aromatic N) is 1. The van der Waals surface area contributed by atoms with Gasteiger partial charge in [0.2, 0.25) is 0 Å². The van der Waals surface area contributed by atoms with E-state index in [4.69, 9.17) is 21.4 Å². The third kappa shape index (κ3) is 2.78.